The summed E-state index contributed by atoms with van der Waals surface area (Å²) in [6.07, 6.45) is 4.03. The molecule has 0 unspecified atom stereocenters. The van der Waals surface area contributed by atoms with Crippen LogP contribution in [0.25, 0.3) is 6.08 Å². The van der Waals surface area contributed by atoms with Gasteiger partial charge in [0.2, 0.25) is 5.91 Å². The zero-order valence-electron chi connectivity index (χ0n) is 7.74. The van der Waals surface area contributed by atoms with Crippen LogP contribution < -0.4 is 5.32 Å². The molecule has 0 saturated carbocycles. The second-order valence-corrected chi connectivity index (χ2v) is 3.54. The van der Waals surface area contributed by atoms with E-state index in [0.29, 0.717) is 11.8 Å². The minimum Gasteiger partial charge on any atom is -0.333 e. The third kappa shape index (κ3) is 4.23. The molecule has 0 heterocycles. The van der Waals surface area contributed by atoms with E-state index >= 15 is 0 Å². The van der Waals surface area contributed by atoms with Crippen molar-refractivity contribution in [2.75, 3.05) is 5.33 Å². The Morgan fingerprint density at radius 1 is 1.36 bits per heavy atom. The zero-order valence-corrected chi connectivity index (χ0v) is 9.33. The first-order valence-corrected chi connectivity index (χ1v) is 5.52. The molecule has 1 amide bonds. The second kappa shape index (κ2) is 6.38. The maximum atomic E-state index is 11.0. The van der Waals surface area contributed by atoms with Crippen molar-refractivity contribution in [1.29, 1.82) is 0 Å². The molecule has 2 nitrogen and oxygen atoms in total. The van der Waals surface area contributed by atoms with Crippen molar-refractivity contribution in [2.24, 2.45) is 0 Å². The molecule has 1 aromatic rings. The van der Waals surface area contributed by atoms with Crippen LogP contribution in [-0.2, 0) is 4.79 Å². The fourth-order valence-electron chi connectivity index (χ4n) is 0.953. The van der Waals surface area contributed by atoms with Crippen LogP contribution in [-0.4, -0.2) is 11.2 Å². The quantitative estimate of drug-likeness (QED) is 0.822. The highest BCUT2D eigenvalue weighted by Crippen LogP contribution is 1.99. The molecule has 0 aliphatic carbocycles. The molecule has 1 aromatic carbocycles. The molecular weight excluding hydrogens is 242 g/mol. The van der Waals surface area contributed by atoms with E-state index in [2.05, 4.69) is 21.2 Å². The fraction of sp³-hybridized carbons (Fsp3) is 0.182. The van der Waals surface area contributed by atoms with Gasteiger partial charge in [0.15, 0.2) is 0 Å². The van der Waals surface area contributed by atoms with Gasteiger partial charge in [0.1, 0.15) is 0 Å². The summed E-state index contributed by atoms with van der Waals surface area (Å²) in [5.74, 6) is 0.0223. The average Bonchev–Trinajstić information content (AvgIpc) is 2.20. The van der Waals surface area contributed by atoms with Gasteiger partial charge in [-0.3, -0.25) is 4.79 Å². The highest BCUT2D eigenvalue weighted by atomic mass is 79.9. The van der Waals surface area contributed by atoms with E-state index < -0.39 is 0 Å². The minimum atomic E-state index is 0.0223. The van der Waals surface area contributed by atoms with Crippen LogP contribution in [0.2, 0.25) is 0 Å². The number of rotatable bonds is 4. The molecule has 0 bridgehead atoms. The summed E-state index contributed by atoms with van der Waals surface area (Å²) < 4.78 is 0. The van der Waals surface area contributed by atoms with Crippen LogP contribution in [0.5, 0.6) is 0 Å². The summed E-state index contributed by atoms with van der Waals surface area (Å²) in [6.45, 7) is 0. The zero-order chi connectivity index (χ0) is 10.2. The van der Waals surface area contributed by atoms with E-state index in [9.17, 15) is 4.79 Å². The summed E-state index contributed by atoms with van der Waals surface area (Å²) in [7, 11) is 0. The predicted octanol–water partition coefficient (Wildman–Crippen LogP) is 2.56. The Balaban J connectivity index is 2.38. The lowest BCUT2D eigenvalue weighted by Gasteiger charge is -1.96. The van der Waals surface area contributed by atoms with Gasteiger partial charge in [0.05, 0.1) is 0 Å². The number of amides is 1. The SMILES string of the molecule is O=C(CCBr)N/C=C/c1ccccc1. The highest BCUT2D eigenvalue weighted by molar-refractivity contribution is 9.09. The Morgan fingerprint density at radius 2 is 2.07 bits per heavy atom. The standard InChI is InChI=1S/C11H12BrNO/c12-8-6-11(14)13-9-7-10-4-2-1-3-5-10/h1-5,7,9H,6,8H2,(H,13,14)/b9-7+. The normalized spacial score (nSPS) is 10.4. The molecular formula is C11H12BrNO. The van der Waals surface area contributed by atoms with Crippen molar-refractivity contribution in [3.8, 4) is 0 Å². The first kappa shape index (κ1) is 11.0. The van der Waals surface area contributed by atoms with Crippen LogP contribution in [0.4, 0.5) is 0 Å². The van der Waals surface area contributed by atoms with E-state index in [0.717, 1.165) is 5.56 Å². The molecule has 0 saturated heterocycles. The number of halogens is 1. The molecule has 0 spiro atoms. The van der Waals surface area contributed by atoms with Gasteiger partial charge < -0.3 is 5.32 Å². The lowest BCUT2D eigenvalue weighted by Crippen LogP contribution is -2.16. The summed E-state index contributed by atoms with van der Waals surface area (Å²) in [4.78, 5) is 11.0. The van der Waals surface area contributed by atoms with Crippen molar-refractivity contribution < 1.29 is 4.79 Å². The molecule has 1 rings (SSSR count). The Hall–Kier alpha value is -1.09. The van der Waals surface area contributed by atoms with Gasteiger partial charge in [-0.05, 0) is 11.6 Å². The number of hydrogen-bond donors (Lipinski definition) is 1. The van der Waals surface area contributed by atoms with Crippen LogP contribution in [0.3, 0.4) is 0 Å². The van der Waals surface area contributed by atoms with Gasteiger partial charge in [-0.2, -0.15) is 0 Å². The maximum absolute atomic E-state index is 11.0. The molecule has 0 fully saturated rings. The van der Waals surface area contributed by atoms with E-state index in [1.165, 1.54) is 0 Å². The van der Waals surface area contributed by atoms with Crippen LogP contribution in [0.15, 0.2) is 36.5 Å². The Morgan fingerprint density at radius 3 is 2.71 bits per heavy atom. The average molecular weight is 254 g/mol. The maximum Gasteiger partial charge on any atom is 0.224 e. The molecule has 14 heavy (non-hydrogen) atoms. The summed E-state index contributed by atoms with van der Waals surface area (Å²) in [5.41, 5.74) is 1.08. The van der Waals surface area contributed by atoms with Crippen molar-refractivity contribution in [1.82, 2.24) is 5.32 Å². The van der Waals surface area contributed by atoms with Crippen LogP contribution >= 0.6 is 15.9 Å². The molecule has 1 N–H and O–H groups in total. The number of hydrogen-bond acceptors (Lipinski definition) is 1. The summed E-state index contributed by atoms with van der Waals surface area (Å²) in [6, 6.07) is 9.83. The predicted molar refractivity (Wildman–Crippen MR) is 62.0 cm³/mol. The first-order chi connectivity index (χ1) is 6.83. The van der Waals surface area contributed by atoms with Crippen molar-refractivity contribution in [3.63, 3.8) is 0 Å². The van der Waals surface area contributed by atoms with Gasteiger partial charge >= 0.3 is 0 Å². The topological polar surface area (TPSA) is 29.1 Å². The van der Waals surface area contributed by atoms with E-state index in [4.69, 9.17) is 0 Å². The molecule has 0 radical (unpaired) electrons. The molecule has 3 heteroatoms. The van der Waals surface area contributed by atoms with Crippen LogP contribution in [0.1, 0.15) is 12.0 Å². The summed E-state index contributed by atoms with van der Waals surface area (Å²) >= 11 is 3.20. The second-order valence-electron chi connectivity index (χ2n) is 2.75. The largest absolute Gasteiger partial charge is 0.333 e. The number of nitrogens with one attached hydrogen (secondary N) is 1. The monoisotopic (exact) mass is 253 g/mol. The number of carbonyl (C=O) groups is 1. The third-order valence-electron chi connectivity index (χ3n) is 1.64. The number of alkyl halides is 1. The lowest BCUT2D eigenvalue weighted by molar-refractivity contribution is -0.119. The number of carbonyl (C=O) groups excluding carboxylic acids is 1. The van der Waals surface area contributed by atoms with E-state index in [1.54, 1.807) is 6.20 Å². The van der Waals surface area contributed by atoms with Gasteiger partial charge in [-0.1, -0.05) is 46.3 Å². The molecule has 74 valence electrons. The molecule has 0 aliphatic rings. The van der Waals surface area contributed by atoms with Gasteiger partial charge in [-0.25, -0.2) is 0 Å². The minimum absolute atomic E-state index is 0.0223. The van der Waals surface area contributed by atoms with Gasteiger partial charge in [-0.15, -0.1) is 0 Å². The van der Waals surface area contributed by atoms with Crippen molar-refractivity contribution in [2.45, 2.75) is 6.42 Å². The highest BCUT2D eigenvalue weighted by Gasteiger charge is 1.94. The van der Waals surface area contributed by atoms with E-state index in [1.807, 2.05) is 36.4 Å². The summed E-state index contributed by atoms with van der Waals surface area (Å²) in [5, 5.41) is 3.38. The van der Waals surface area contributed by atoms with E-state index in [-0.39, 0.29) is 5.91 Å². The van der Waals surface area contributed by atoms with Crippen LogP contribution in [0, 0.1) is 0 Å². The Kier molecular flexibility index (Phi) is 5.00. The molecule has 0 atom stereocenters. The number of benzene rings is 1. The van der Waals surface area contributed by atoms with Crippen molar-refractivity contribution in [3.05, 3.63) is 42.1 Å². The first-order valence-electron chi connectivity index (χ1n) is 4.40. The van der Waals surface area contributed by atoms with Crippen molar-refractivity contribution >= 4 is 27.9 Å². The Labute approximate surface area is 92.1 Å². The Bertz CT molecular complexity index is 308. The molecule has 0 aliphatic heterocycles. The smallest absolute Gasteiger partial charge is 0.224 e. The lowest BCUT2D eigenvalue weighted by atomic mass is 10.2. The van der Waals surface area contributed by atoms with Gasteiger partial charge in [0.25, 0.3) is 0 Å². The third-order valence-corrected chi connectivity index (χ3v) is 2.04. The van der Waals surface area contributed by atoms with Gasteiger partial charge in [0, 0.05) is 18.0 Å². The molecule has 0 aromatic heterocycles. The fourth-order valence-corrected chi connectivity index (χ4v) is 1.31.